The standard InChI is InChI=1S/C7H8F3N3O/c1-11-5-2-3-6(13-12-5)14-4-7(8,9)10/h2-3H,4H2,1H3,(H,11,12). The van der Waals surface area contributed by atoms with Crippen molar-refractivity contribution in [3.63, 3.8) is 0 Å². The van der Waals surface area contributed by atoms with E-state index in [2.05, 4.69) is 20.3 Å². The second kappa shape index (κ2) is 4.12. The van der Waals surface area contributed by atoms with Crippen molar-refractivity contribution in [3.8, 4) is 5.88 Å². The fourth-order valence-electron chi connectivity index (χ4n) is 0.686. The molecule has 0 aromatic carbocycles. The Balaban J connectivity index is 2.52. The van der Waals surface area contributed by atoms with Crippen molar-refractivity contribution in [2.24, 2.45) is 0 Å². The number of halogens is 3. The van der Waals surface area contributed by atoms with Gasteiger partial charge in [0.05, 0.1) is 0 Å². The molecule has 0 aliphatic heterocycles. The summed E-state index contributed by atoms with van der Waals surface area (Å²) in [5.74, 6) is 0.311. The Bertz CT molecular complexity index is 285. The van der Waals surface area contributed by atoms with Crippen molar-refractivity contribution < 1.29 is 17.9 Å². The number of anilines is 1. The van der Waals surface area contributed by atoms with Crippen molar-refractivity contribution in [1.82, 2.24) is 10.2 Å². The van der Waals surface area contributed by atoms with Gasteiger partial charge in [-0.3, -0.25) is 0 Å². The van der Waals surface area contributed by atoms with E-state index in [1.54, 1.807) is 7.05 Å². The SMILES string of the molecule is CNc1ccc(OCC(F)(F)F)nn1. The van der Waals surface area contributed by atoms with Gasteiger partial charge in [-0.15, -0.1) is 10.2 Å². The summed E-state index contributed by atoms with van der Waals surface area (Å²) in [6, 6.07) is 2.78. The number of nitrogens with zero attached hydrogens (tertiary/aromatic N) is 2. The first-order valence-electron chi connectivity index (χ1n) is 3.72. The van der Waals surface area contributed by atoms with E-state index < -0.39 is 12.8 Å². The Morgan fingerprint density at radius 3 is 2.50 bits per heavy atom. The third kappa shape index (κ3) is 3.46. The Kier molecular flexibility index (Phi) is 3.10. The van der Waals surface area contributed by atoms with E-state index in [0.29, 0.717) is 5.82 Å². The van der Waals surface area contributed by atoms with E-state index >= 15 is 0 Å². The maximum absolute atomic E-state index is 11.7. The van der Waals surface area contributed by atoms with Crippen molar-refractivity contribution in [2.75, 3.05) is 19.0 Å². The van der Waals surface area contributed by atoms with Crippen LogP contribution in [0, 0.1) is 0 Å². The highest BCUT2D eigenvalue weighted by molar-refractivity contribution is 5.32. The molecule has 0 fully saturated rings. The third-order valence-electron chi connectivity index (χ3n) is 1.28. The summed E-state index contributed by atoms with van der Waals surface area (Å²) in [7, 11) is 1.63. The van der Waals surface area contributed by atoms with Gasteiger partial charge >= 0.3 is 6.18 Å². The number of aromatic nitrogens is 2. The summed E-state index contributed by atoms with van der Waals surface area (Å²) >= 11 is 0. The molecule has 0 aliphatic rings. The van der Waals surface area contributed by atoms with Crippen LogP contribution in [0.5, 0.6) is 5.88 Å². The molecule has 0 saturated heterocycles. The molecule has 7 heteroatoms. The highest BCUT2D eigenvalue weighted by atomic mass is 19.4. The van der Waals surface area contributed by atoms with Crippen LogP contribution < -0.4 is 10.1 Å². The topological polar surface area (TPSA) is 47.0 Å². The van der Waals surface area contributed by atoms with Crippen LogP contribution in [0.1, 0.15) is 0 Å². The summed E-state index contributed by atoms with van der Waals surface area (Å²) < 4.78 is 39.4. The highest BCUT2D eigenvalue weighted by Crippen LogP contribution is 2.16. The molecule has 1 aromatic heterocycles. The second-order valence-electron chi connectivity index (χ2n) is 2.41. The maximum atomic E-state index is 11.7. The zero-order chi connectivity index (χ0) is 10.6. The van der Waals surface area contributed by atoms with Crippen molar-refractivity contribution in [3.05, 3.63) is 12.1 Å². The van der Waals surface area contributed by atoms with Crippen molar-refractivity contribution >= 4 is 5.82 Å². The molecular formula is C7H8F3N3O. The van der Waals surface area contributed by atoms with Gasteiger partial charge in [-0.1, -0.05) is 0 Å². The van der Waals surface area contributed by atoms with Gasteiger partial charge in [0.15, 0.2) is 6.61 Å². The normalized spacial score (nSPS) is 11.1. The summed E-state index contributed by atoms with van der Waals surface area (Å²) in [5.41, 5.74) is 0. The number of nitrogens with one attached hydrogen (secondary N) is 1. The fraction of sp³-hybridized carbons (Fsp3) is 0.429. The Morgan fingerprint density at radius 1 is 1.36 bits per heavy atom. The summed E-state index contributed by atoms with van der Waals surface area (Å²) in [4.78, 5) is 0. The molecule has 1 N–H and O–H groups in total. The molecule has 1 rings (SSSR count). The molecule has 0 atom stereocenters. The smallest absolute Gasteiger partial charge is 0.422 e. The van der Waals surface area contributed by atoms with Crippen molar-refractivity contribution in [1.29, 1.82) is 0 Å². The largest absolute Gasteiger partial charge is 0.467 e. The fourth-order valence-corrected chi connectivity index (χ4v) is 0.686. The number of rotatable bonds is 3. The number of hydrogen-bond acceptors (Lipinski definition) is 4. The molecule has 14 heavy (non-hydrogen) atoms. The van der Waals surface area contributed by atoms with E-state index in [-0.39, 0.29) is 5.88 Å². The van der Waals surface area contributed by atoms with Crippen LogP contribution in [0.2, 0.25) is 0 Å². The monoisotopic (exact) mass is 207 g/mol. The van der Waals surface area contributed by atoms with Gasteiger partial charge < -0.3 is 10.1 Å². The number of alkyl halides is 3. The molecule has 0 aliphatic carbocycles. The lowest BCUT2D eigenvalue weighted by molar-refractivity contribution is -0.154. The Labute approximate surface area is 78.1 Å². The average molecular weight is 207 g/mol. The van der Waals surface area contributed by atoms with Gasteiger partial charge in [-0.05, 0) is 6.07 Å². The highest BCUT2D eigenvalue weighted by Gasteiger charge is 2.28. The Hall–Kier alpha value is -1.53. The molecule has 0 radical (unpaired) electrons. The molecule has 0 unspecified atom stereocenters. The van der Waals surface area contributed by atoms with Gasteiger partial charge in [-0.25, -0.2) is 0 Å². The molecule has 1 heterocycles. The quantitative estimate of drug-likeness (QED) is 0.815. The van der Waals surface area contributed by atoms with E-state index in [0.717, 1.165) is 0 Å². The van der Waals surface area contributed by atoms with Gasteiger partial charge in [0, 0.05) is 13.1 Å². The minimum Gasteiger partial charge on any atom is -0.467 e. The molecule has 78 valence electrons. The molecule has 0 amide bonds. The molecule has 0 spiro atoms. The average Bonchev–Trinajstić information content (AvgIpc) is 2.14. The molecule has 4 nitrogen and oxygen atoms in total. The van der Waals surface area contributed by atoms with Gasteiger partial charge in [-0.2, -0.15) is 13.2 Å². The van der Waals surface area contributed by atoms with Crippen LogP contribution in [0.3, 0.4) is 0 Å². The summed E-state index contributed by atoms with van der Waals surface area (Å²) in [5, 5.41) is 9.64. The lowest BCUT2D eigenvalue weighted by Crippen LogP contribution is -2.19. The van der Waals surface area contributed by atoms with Gasteiger partial charge in [0.2, 0.25) is 5.88 Å². The van der Waals surface area contributed by atoms with E-state index in [9.17, 15) is 13.2 Å². The molecule has 0 saturated carbocycles. The van der Waals surface area contributed by atoms with Crippen LogP contribution in [0.25, 0.3) is 0 Å². The predicted octanol–water partition coefficient (Wildman–Crippen LogP) is 1.46. The van der Waals surface area contributed by atoms with Crippen LogP contribution in [0.4, 0.5) is 19.0 Å². The maximum Gasteiger partial charge on any atom is 0.422 e. The lowest BCUT2D eigenvalue weighted by Gasteiger charge is -2.07. The molecule has 1 aromatic rings. The van der Waals surface area contributed by atoms with Crippen LogP contribution >= 0.6 is 0 Å². The zero-order valence-corrected chi connectivity index (χ0v) is 7.30. The van der Waals surface area contributed by atoms with Crippen LogP contribution in [0.15, 0.2) is 12.1 Å². The number of ether oxygens (including phenoxy) is 1. The Morgan fingerprint density at radius 2 is 2.07 bits per heavy atom. The lowest BCUT2D eigenvalue weighted by atomic mass is 10.5. The molecular weight excluding hydrogens is 199 g/mol. The minimum absolute atomic E-state index is 0.152. The third-order valence-corrected chi connectivity index (χ3v) is 1.28. The van der Waals surface area contributed by atoms with E-state index in [1.807, 2.05) is 0 Å². The summed E-state index contributed by atoms with van der Waals surface area (Å²) in [6.07, 6.45) is -4.36. The first kappa shape index (κ1) is 10.6. The summed E-state index contributed by atoms with van der Waals surface area (Å²) in [6.45, 7) is -1.36. The van der Waals surface area contributed by atoms with E-state index in [4.69, 9.17) is 0 Å². The first-order valence-corrected chi connectivity index (χ1v) is 3.72. The van der Waals surface area contributed by atoms with Crippen molar-refractivity contribution in [2.45, 2.75) is 6.18 Å². The second-order valence-corrected chi connectivity index (χ2v) is 2.41. The first-order chi connectivity index (χ1) is 6.51. The van der Waals surface area contributed by atoms with E-state index in [1.165, 1.54) is 12.1 Å². The van der Waals surface area contributed by atoms with Crippen LogP contribution in [-0.2, 0) is 0 Å². The number of hydrogen-bond donors (Lipinski definition) is 1. The zero-order valence-electron chi connectivity index (χ0n) is 7.30. The minimum atomic E-state index is -4.36. The van der Waals surface area contributed by atoms with Gasteiger partial charge in [0.25, 0.3) is 0 Å². The predicted molar refractivity (Wildman–Crippen MR) is 43.1 cm³/mol. The van der Waals surface area contributed by atoms with Gasteiger partial charge in [0.1, 0.15) is 5.82 Å². The molecule has 0 bridgehead atoms. The van der Waals surface area contributed by atoms with Crippen LogP contribution in [-0.4, -0.2) is 30.0 Å².